The van der Waals surface area contributed by atoms with Gasteiger partial charge in [0.05, 0.1) is 13.5 Å². The number of carbonyl (C=O) groups excluding carboxylic acids is 1. The first kappa shape index (κ1) is 17.0. The van der Waals surface area contributed by atoms with Gasteiger partial charge < -0.3 is 15.2 Å². The summed E-state index contributed by atoms with van der Waals surface area (Å²) in [5, 5.41) is 11.6. The number of nitrogens with one attached hydrogen (secondary N) is 1. The van der Waals surface area contributed by atoms with Crippen molar-refractivity contribution in [2.45, 2.75) is 39.2 Å². The molecule has 0 aliphatic carbocycles. The van der Waals surface area contributed by atoms with E-state index in [1.165, 1.54) is 0 Å². The number of aliphatic carboxylic acids is 1. The molecule has 0 saturated heterocycles. The molecule has 5 nitrogen and oxygen atoms in total. The van der Waals surface area contributed by atoms with Gasteiger partial charge in [-0.05, 0) is 30.0 Å². The second kappa shape index (κ2) is 8.29. The highest BCUT2D eigenvalue weighted by atomic mass is 16.5. The number of aryl methyl sites for hydroxylation is 1. The van der Waals surface area contributed by atoms with Crippen LogP contribution < -0.4 is 10.1 Å². The molecule has 0 bridgehead atoms. The molecule has 0 radical (unpaired) electrons. The van der Waals surface area contributed by atoms with Crippen LogP contribution in [0.4, 0.5) is 0 Å². The number of rotatable bonds is 8. The summed E-state index contributed by atoms with van der Waals surface area (Å²) >= 11 is 0. The van der Waals surface area contributed by atoms with E-state index in [1.54, 1.807) is 7.11 Å². The van der Waals surface area contributed by atoms with E-state index in [9.17, 15) is 9.59 Å². The van der Waals surface area contributed by atoms with Crippen molar-refractivity contribution in [3.05, 3.63) is 29.8 Å². The van der Waals surface area contributed by atoms with E-state index in [-0.39, 0.29) is 24.3 Å². The summed E-state index contributed by atoms with van der Waals surface area (Å²) in [7, 11) is 1.61. The van der Waals surface area contributed by atoms with E-state index >= 15 is 0 Å². The molecule has 1 atom stereocenters. The minimum atomic E-state index is -0.899. The number of benzene rings is 1. The highest BCUT2D eigenvalue weighted by Crippen LogP contribution is 2.13. The largest absolute Gasteiger partial charge is 0.497 e. The predicted molar refractivity (Wildman–Crippen MR) is 80.3 cm³/mol. The number of carbonyl (C=O) groups is 2. The maximum atomic E-state index is 11.9. The number of carboxylic acid groups (broad SMARTS) is 1. The Morgan fingerprint density at radius 3 is 2.33 bits per heavy atom. The summed E-state index contributed by atoms with van der Waals surface area (Å²) in [5.74, 6) is -0.148. The molecule has 0 spiro atoms. The van der Waals surface area contributed by atoms with Gasteiger partial charge in [-0.2, -0.15) is 0 Å². The van der Waals surface area contributed by atoms with Crippen LogP contribution in [0.15, 0.2) is 24.3 Å². The summed E-state index contributed by atoms with van der Waals surface area (Å²) < 4.78 is 5.08. The number of hydrogen-bond donors (Lipinski definition) is 2. The Bertz CT molecular complexity index is 468. The maximum absolute atomic E-state index is 11.9. The Kier molecular flexibility index (Phi) is 6.72. The van der Waals surface area contributed by atoms with E-state index in [0.717, 1.165) is 11.3 Å². The summed E-state index contributed by atoms with van der Waals surface area (Å²) in [6.45, 7) is 3.80. The van der Waals surface area contributed by atoms with Gasteiger partial charge in [-0.15, -0.1) is 0 Å². The molecule has 0 aliphatic heterocycles. The van der Waals surface area contributed by atoms with Crippen molar-refractivity contribution in [1.29, 1.82) is 0 Å². The number of methoxy groups -OCH3 is 1. The van der Waals surface area contributed by atoms with Gasteiger partial charge >= 0.3 is 5.97 Å². The number of carboxylic acids is 1. The normalized spacial score (nSPS) is 12.0. The molecule has 0 aliphatic rings. The van der Waals surface area contributed by atoms with Crippen LogP contribution in [0.25, 0.3) is 0 Å². The molecular weight excluding hydrogens is 270 g/mol. The van der Waals surface area contributed by atoms with Crippen molar-refractivity contribution in [2.75, 3.05) is 7.11 Å². The molecule has 116 valence electrons. The minimum Gasteiger partial charge on any atom is -0.497 e. The van der Waals surface area contributed by atoms with Crippen LogP contribution in [0.5, 0.6) is 5.75 Å². The van der Waals surface area contributed by atoms with Crippen LogP contribution in [0.3, 0.4) is 0 Å². The summed E-state index contributed by atoms with van der Waals surface area (Å²) in [4.78, 5) is 22.7. The standard InChI is InChI=1S/C16H23NO4/c1-11(2)14(10-16(19)20)17-15(18)9-6-12-4-7-13(21-3)8-5-12/h4-5,7-8,11,14H,6,9-10H2,1-3H3,(H,17,18)(H,19,20). The molecule has 1 rings (SSSR count). The van der Waals surface area contributed by atoms with E-state index < -0.39 is 5.97 Å². The highest BCUT2D eigenvalue weighted by molar-refractivity contribution is 5.77. The van der Waals surface area contributed by atoms with E-state index in [4.69, 9.17) is 9.84 Å². The van der Waals surface area contributed by atoms with Gasteiger partial charge in [0.15, 0.2) is 0 Å². The number of ether oxygens (including phenoxy) is 1. The molecule has 2 N–H and O–H groups in total. The summed E-state index contributed by atoms with van der Waals surface area (Å²) in [6.07, 6.45) is 0.912. The fourth-order valence-corrected chi connectivity index (χ4v) is 1.97. The monoisotopic (exact) mass is 293 g/mol. The lowest BCUT2D eigenvalue weighted by molar-refractivity contribution is -0.138. The van der Waals surface area contributed by atoms with Crippen molar-refractivity contribution in [1.82, 2.24) is 5.32 Å². The zero-order chi connectivity index (χ0) is 15.8. The van der Waals surface area contributed by atoms with Crippen molar-refractivity contribution in [2.24, 2.45) is 5.92 Å². The Balaban J connectivity index is 2.46. The van der Waals surface area contributed by atoms with E-state index in [0.29, 0.717) is 12.8 Å². The Morgan fingerprint density at radius 1 is 1.24 bits per heavy atom. The molecule has 0 saturated carbocycles. The topological polar surface area (TPSA) is 75.6 Å². The third-order valence-electron chi connectivity index (χ3n) is 3.35. The molecular formula is C16H23NO4. The molecule has 21 heavy (non-hydrogen) atoms. The van der Waals surface area contributed by atoms with Crippen LogP contribution in [-0.4, -0.2) is 30.1 Å². The lowest BCUT2D eigenvalue weighted by Crippen LogP contribution is -2.40. The second-order valence-electron chi connectivity index (χ2n) is 5.36. The third kappa shape index (κ3) is 6.29. The summed E-state index contributed by atoms with van der Waals surface area (Å²) in [5.41, 5.74) is 1.05. The molecule has 0 heterocycles. The maximum Gasteiger partial charge on any atom is 0.305 e. The van der Waals surface area contributed by atoms with Gasteiger partial charge in [-0.25, -0.2) is 0 Å². The lowest BCUT2D eigenvalue weighted by Gasteiger charge is -2.20. The zero-order valence-corrected chi connectivity index (χ0v) is 12.8. The molecule has 0 aromatic heterocycles. The lowest BCUT2D eigenvalue weighted by atomic mass is 10.0. The van der Waals surface area contributed by atoms with E-state index in [2.05, 4.69) is 5.32 Å². The van der Waals surface area contributed by atoms with Crippen molar-refractivity contribution >= 4 is 11.9 Å². The average Bonchev–Trinajstić information content (AvgIpc) is 2.44. The first-order valence-electron chi connectivity index (χ1n) is 7.06. The van der Waals surface area contributed by atoms with Crippen LogP contribution in [0.1, 0.15) is 32.3 Å². The van der Waals surface area contributed by atoms with Crippen molar-refractivity contribution in [3.63, 3.8) is 0 Å². The van der Waals surface area contributed by atoms with Crippen molar-refractivity contribution in [3.8, 4) is 5.75 Å². The van der Waals surface area contributed by atoms with Gasteiger partial charge in [0.2, 0.25) is 5.91 Å². The summed E-state index contributed by atoms with van der Waals surface area (Å²) in [6, 6.07) is 7.22. The zero-order valence-electron chi connectivity index (χ0n) is 12.8. The van der Waals surface area contributed by atoms with Gasteiger partial charge in [0.25, 0.3) is 0 Å². The number of amides is 1. The minimum absolute atomic E-state index is 0.0497. The van der Waals surface area contributed by atoms with Gasteiger partial charge in [-0.3, -0.25) is 9.59 Å². The smallest absolute Gasteiger partial charge is 0.305 e. The average molecular weight is 293 g/mol. The van der Waals surface area contributed by atoms with Gasteiger partial charge in [0.1, 0.15) is 5.75 Å². The highest BCUT2D eigenvalue weighted by Gasteiger charge is 2.19. The Labute approximate surface area is 125 Å². The Hall–Kier alpha value is -2.04. The van der Waals surface area contributed by atoms with Crippen LogP contribution >= 0.6 is 0 Å². The van der Waals surface area contributed by atoms with Crippen LogP contribution in [-0.2, 0) is 16.0 Å². The van der Waals surface area contributed by atoms with Gasteiger partial charge in [0, 0.05) is 12.5 Å². The van der Waals surface area contributed by atoms with Crippen LogP contribution in [0.2, 0.25) is 0 Å². The Morgan fingerprint density at radius 2 is 1.86 bits per heavy atom. The van der Waals surface area contributed by atoms with Gasteiger partial charge in [-0.1, -0.05) is 26.0 Å². The first-order chi connectivity index (χ1) is 9.92. The third-order valence-corrected chi connectivity index (χ3v) is 3.35. The fourth-order valence-electron chi connectivity index (χ4n) is 1.97. The fraction of sp³-hybridized carbons (Fsp3) is 0.500. The second-order valence-corrected chi connectivity index (χ2v) is 5.36. The van der Waals surface area contributed by atoms with Crippen molar-refractivity contribution < 1.29 is 19.4 Å². The molecule has 1 amide bonds. The molecule has 5 heteroatoms. The molecule has 1 aromatic carbocycles. The van der Waals surface area contributed by atoms with Crippen LogP contribution in [0, 0.1) is 5.92 Å². The molecule has 0 fully saturated rings. The SMILES string of the molecule is COc1ccc(CCC(=O)NC(CC(=O)O)C(C)C)cc1. The van der Waals surface area contributed by atoms with E-state index in [1.807, 2.05) is 38.1 Å². The molecule has 1 unspecified atom stereocenters. The predicted octanol–water partition coefficient (Wildman–Crippen LogP) is 2.24. The molecule has 1 aromatic rings. The quantitative estimate of drug-likeness (QED) is 0.770. The number of hydrogen-bond acceptors (Lipinski definition) is 3. The first-order valence-corrected chi connectivity index (χ1v) is 7.06.